The Morgan fingerprint density at radius 1 is 1.30 bits per heavy atom. The van der Waals surface area contributed by atoms with E-state index in [-0.39, 0.29) is 28.4 Å². The number of nitrogens with one attached hydrogen (secondary N) is 1. The van der Waals surface area contributed by atoms with E-state index < -0.39 is 5.82 Å². The molecular formula is C23H19ClFN7O. The fourth-order valence-electron chi connectivity index (χ4n) is 4.22. The van der Waals surface area contributed by atoms with Crippen molar-refractivity contribution < 1.29 is 4.39 Å². The predicted octanol–water partition coefficient (Wildman–Crippen LogP) is 4.00. The van der Waals surface area contributed by atoms with Gasteiger partial charge in [0.15, 0.2) is 0 Å². The number of halogens is 2. The normalized spacial score (nSPS) is 13.2. The zero-order valence-corrected chi connectivity index (χ0v) is 18.4. The van der Waals surface area contributed by atoms with Crippen LogP contribution in [0.2, 0.25) is 5.02 Å². The van der Waals surface area contributed by atoms with Crippen molar-refractivity contribution in [2.75, 3.05) is 18.0 Å². The van der Waals surface area contributed by atoms with Crippen LogP contribution in [0.25, 0.3) is 38.0 Å². The van der Waals surface area contributed by atoms with E-state index in [0.29, 0.717) is 39.0 Å². The molecule has 0 unspecified atom stereocenters. The summed E-state index contributed by atoms with van der Waals surface area (Å²) < 4.78 is 17.0. The minimum atomic E-state index is -0.668. The Morgan fingerprint density at radius 3 is 2.76 bits per heavy atom. The van der Waals surface area contributed by atoms with E-state index in [9.17, 15) is 4.79 Å². The Labute approximate surface area is 193 Å². The monoisotopic (exact) mass is 463 g/mol. The third kappa shape index (κ3) is 3.26. The largest absolute Gasteiger partial charge is 0.380 e. The number of aryl methyl sites for hydroxylation is 1. The highest BCUT2D eigenvalue weighted by Crippen LogP contribution is 2.47. The number of hydrogen-bond donors (Lipinski definition) is 2. The fourth-order valence-corrected chi connectivity index (χ4v) is 4.42. The maximum Gasteiger partial charge on any atom is 0.272 e. The molecule has 0 amide bonds. The van der Waals surface area contributed by atoms with Gasteiger partial charge >= 0.3 is 0 Å². The van der Waals surface area contributed by atoms with Crippen LogP contribution in [0.5, 0.6) is 0 Å². The quantitative estimate of drug-likeness (QED) is 0.446. The Morgan fingerprint density at radius 2 is 2.09 bits per heavy atom. The van der Waals surface area contributed by atoms with Crippen molar-refractivity contribution >= 4 is 33.7 Å². The molecule has 166 valence electrons. The molecule has 0 bridgehead atoms. The molecule has 1 aliphatic heterocycles. The van der Waals surface area contributed by atoms with Crippen molar-refractivity contribution in [2.45, 2.75) is 13.0 Å². The van der Waals surface area contributed by atoms with Crippen LogP contribution in [-0.4, -0.2) is 33.1 Å². The van der Waals surface area contributed by atoms with Gasteiger partial charge in [-0.1, -0.05) is 17.7 Å². The number of aromatic amines is 1. The molecule has 0 atom stereocenters. The van der Waals surface area contributed by atoms with Crippen molar-refractivity contribution in [3.63, 3.8) is 0 Å². The van der Waals surface area contributed by atoms with E-state index in [1.807, 2.05) is 4.90 Å². The number of benzene rings is 2. The zero-order valence-electron chi connectivity index (χ0n) is 17.7. The first-order valence-corrected chi connectivity index (χ1v) is 10.7. The van der Waals surface area contributed by atoms with E-state index in [0.717, 1.165) is 19.5 Å². The lowest BCUT2D eigenvalue weighted by Gasteiger charge is -2.35. The Kier molecular flexibility index (Phi) is 5.12. The molecule has 10 heteroatoms. The average Bonchev–Trinajstić information content (AvgIpc) is 3.15. The van der Waals surface area contributed by atoms with Gasteiger partial charge < -0.3 is 10.6 Å². The molecule has 1 saturated heterocycles. The summed E-state index contributed by atoms with van der Waals surface area (Å²) in [4.78, 5) is 17.9. The first kappa shape index (κ1) is 21.1. The summed E-state index contributed by atoms with van der Waals surface area (Å²) >= 11 is 6.28. The van der Waals surface area contributed by atoms with E-state index in [1.54, 1.807) is 31.4 Å². The molecule has 2 aromatic carbocycles. The summed E-state index contributed by atoms with van der Waals surface area (Å²) in [5.74, 6) is -0.668. The lowest BCUT2D eigenvalue weighted by atomic mass is 9.96. The third-order valence-corrected chi connectivity index (χ3v) is 6.30. The van der Waals surface area contributed by atoms with Crippen molar-refractivity contribution in [3.8, 4) is 22.4 Å². The molecule has 8 nitrogen and oxygen atoms in total. The number of anilines is 1. The smallest absolute Gasteiger partial charge is 0.272 e. The molecule has 0 aliphatic carbocycles. The number of nitrogens with zero attached hydrogens (tertiary/aromatic N) is 5. The van der Waals surface area contributed by atoms with Gasteiger partial charge in [-0.15, -0.1) is 0 Å². The van der Waals surface area contributed by atoms with Crippen molar-refractivity contribution in [3.05, 3.63) is 68.8 Å². The summed E-state index contributed by atoms with van der Waals surface area (Å²) in [5, 5.41) is 11.8. The number of nitrogens with two attached hydrogens (primary N) is 1. The van der Waals surface area contributed by atoms with Gasteiger partial charge in [-0.3, -0.25) is 9.48 Å². The maximum atomic E-state index is 15.5. The number of fused-ring (bicyclic) bond motifs is 1. The lowest BCUT2D eigenvalue weighted by molar-refractivity contribution is 0.612. The summed E-state index contributed by atoms with van der Waals surface area (Å²) in [6.45, 7) is 9.53. The lowest BCUT2D eigenvalue weighted by Crippen LogP contribution is -2.37. The van der Waals surface area contributed by atoms with Crippen molar-refractivity contribution in [1.82, 2.24) is 20.0 Å². The van der Waals surface area contributed by atoms with E-state index in [4.69, 9.17) is 23.9 Å². The SMILES string of the molecule is [C-]#[N+]c1c(N2CCC2)cc(Cl)c(F)c1-c1c(-c2ccc3c(=O)[nH]nc(CN)c3c2)cnn1C. The molecule has 0 spiro atoms. The Balaban J connectivity index is 1.79. The predicted molar refractivity (Wildman–Crippen MR) is 126 cm³/mol. The van der Waals surface area contributed by atoms with Crippen LogP contribution in [0.15, 0.2) is 35.3 Å². The number of aromatic nitrogens is 4. The molecular weight excluding hydrogens is 445 g/mol. The van der Waals surface area contributed by atoms with Gasteiger partial charge in [-0.05, 0) is 30.2 Å². The molecule has 5 rings (SSSR count). The molecule has 4 aromatic rings. The third-order valence-electron chi connectivity index (χ3n) is 6.03. The first-order valence-electron chi connectivity index (χ1n) is 10.3. The van der Waals surface area contributed by atoms with Gasteiger partial charge in [-0.25, -0.2) is 14.3 Å². The van der Waals surface area contributed by atoms with Crippen LogP contribution in [0.3, 0.4) is 0 Å². The summed E-state index contributed by atoms with van der Waals surface area (Å²) in [5.41, 5.74) is 8.66. The first-order chi connectivity index (χ1) is 15.9. The average molecular weight is 464 g/mol. The number of rotatable bonds is 4. The zero-order chi connectivity index (χ0) is 23.3. The van der Waals surface area contributed by atoms with Gasteiger partial charge in [0.1, 0.15) is 5.82 Å². The fraction of sp³-hybridized carbons (Fsp3) is 0.217. The molecule has 33 heavy (non-hydrogen) atoms. The second-order valence-corrected chi connectivity index (χ2v) is 8.27. The standard InChI is InChI=1S/C23H19ClFN7O/c1-27-21-18(32-6-3-7-32)9-16(24)20(25)19(21)22-15(11-28-31(22)2)12-4-5-13-14(8-12)17(10-26)29-30-23(13)33/h4-5,8-9,11H,3,6-7,10,26H2,2H3,(H,30,33). The highest BCUT2D eigenvalue weighted by atomic mass is 35.5. The van der Waals surface area contributed by atoms with E-state index in [1.165, 1.54) is 10.7 Å². The van der Waals surface area contributed by atoms with Gasteiger partial charge in [0.2, 0.25) is 5.69 Å². The molecule has 2 aromatic heterocycles. The van der Waals surface area contributed by atoms with Crippen LogP contribution < -0.4 is 16.2 Å². The van der Waals surface area contributed by atoms with Crippen LogP contribution in [0.4, 0.5) is 15.8 Å². The van der Waals surface area contributed by atoms with Crippen LogP contribution in [0, 0.1) is 12.4 Å². The summed E-state index contributed by atoms with van der Waals surface area (Å²) in [6.07, 6.45) is 2.61. The Bertz CT molecular complexity index is 1510. The molecule has 1 fully saturated rings. The minimum absolute atomic E-state index is 0.0499. The van der Waals surface area contributed by atoms with Crippen molar-refractivity contribution in [1.29, 1.82) is 0 Å². The van der Waals surface area contributed by atoms with E-state index in [2.05, 4.69) is 20.1 Å². The molecule has 3 N–H and O–H groups in total. The molecule has 0 radical (unpaired) electrons. The van der Waals surface area contributed by atoms with E-state index >= 15 is 4.39 Å². The highest BCUT2D eigenvalue weighted by Gasteiger charge is 2.28. The van der Waals surface area contributed by atoms with Gasteiger partial charge in [0.05, 0.1) is 34.6 Å². The maximum absolute atomic E-state index is 15.5. The van der Waals surface area contributed by atoms with Crippen molar-refractivity contribution in [2.24, 2.45) is 12.8 Å². The van der Waals surface area contributed by atoms with Gasteiger partial charge in [-0.2, -0.15) is 10.2 Å². The number of H-pyrrole nitrogens is 1. The number of hydrogen-bond acceptors (Lipinski definition) is 5. The molecule has 3 heterocycles. The van der Waals surface area contributed by atoms with Gasteiger partial charge in [0.25, 0.3) is 5.56 Å². The second kappa shape index (κ2) is 7.99. The highest BCUT2D eigenvalue weighted by molar-refractivity contribution is 6.31. The summed E-state index contributed by atoms with van der Waals surface area (Å²) in [6, 6.07) is 6.74. The Hall–Kier alpha value is -3.74. The van der Waals surface area contributed by atoms with Crippen LogP contribution >= 0.6 is 11.6 Å². The van der Waals surface area contributed by atoms with Gasteiger partial charge in [0, 0.05) is 48.9 Å². The summed E-state index contributed by atoms with van der Waals surface area (Å²) in [7, 11) is 1.69. The van der Waals surface area contributed by atoms with Crippen LogP contribution in [0.1, 0.15) is 12.1 Å². The molecule has 1 aliphatic rings. The topological polar surface area (TPSA) is 97.2 Å². The second-order valence-electron chi connectivity index (χ2n) is 7.86. The van der Waals surface area contributed by atoms with Crippen LogP contribution in [-0.2, 0) is 13.6 Å². The minimum Gasteiger partial charge on any atom is -0.380 e. The molecule has 0 saturated carbocycles.